The van der Waals surface area contributed by atoms with Gasteiger partial charge in [-0.1, -0.05) is 6.92 Å². The predicted molar refractivity (Wildman–Crippen MR) is 74.2 cm³/mol. The number of carbonyl (C=O) groups is 1. The Morgan fingerprint density at radius 3 is 2.74 bits per heavy atom. The number of rotatable bonds is 7. The minimum atomic E-state index is -0.353. The van der Waals surface area contributed by atoms with Crippen LogP contribution in [0.5, 0.6) is 5.88 Å². The third kappa shape index (κ3) is 5.54. The smallest absolute Gasteiger partial charge is 0.242 e. The van der Waals surface area contributed by atoms with Crippen LogP contribution in [0.25, 0.3) is 0 Å². The number of carbonyl (C=O) groups excluding carboxylic acids is 1. The first kappa shape index (κ1) is 15.2. The van der Waals surface area contributed by atoms with Crippen molar-refractivity contribution in [2.24, 2.45) is 0 Å². The van der Waals surface area contributed by atoms with Crippen LogP contribution >= 0.6 is 0 Å². The molecule has 0 saturated heterocycles. The van der Waals surface area contributed by atoms with Crippen LogP contribution < -0.4 is 15.4 Å². The van der Waals surface area contributed by atoms with Crippen molar-refractivity contribution in [1.29, 1.82) is 0 Å². The van der Waals surface area contributed by atoms with E-state index in [0.717, 1.165) is 6.42 Å². The van der Waals surface area contributed by atoms with Gasteiger partial charge in [0.15, 0.2) is 0 Å². The lowest BCUT2D eigenvalue weighted by molar-refractivity contribution is -0.121. The molecule has 1 aromatic rings. The number of nitrogens with zero attached hydrogens (tertiary/aromatic N) is 2. The molecule has 0 aromatic carbocycles. The zero-order valence-electron chi connectivity index (χ0n) is 11.9. The largest absolute Gasteiger partial charge is 0.475 e. The van der Waals surface area contributed by atoms with Crippen molar-refractivity contribution < 1.29 is 9.53 Å². The number of anilines is 1. The van der Waals surface area contributed by atoms with Gasteiger partial charge in [-0.2, -0.15) is 0 Å². The van der Waals surface area contributed by atoms with E-state index in [2.05, 4.69) is 20.6 Å². The molecule has 19 heavy (non-hydrogen) atoms. The summed E-state index contributed by atoms with van der Waals surface area (Å²) in [6.07, 6.45) is 2.38. The van der Waals surface area contributed by atoms with Crippen LogP contribution in [0, 0.1) is 0 Å². The van der Waals surface area contributed by atoms with Gasteiger partial charge < -0.3 is 15.4 Å². The van der Waals surface area contributed by atoms with Gasteiger partial charge >= 0.3 is 0 Å². The second kappa shape index (κ2) is 7.56. The van der Waals surface area contributed by atoms with Crippen LogP contribution in [0.1, 0.15) is 34.1 Å². The molecule has 1 heterocycles. The molecule has 0 fully saturated rings. The van der Waals surface area contributed by atoms with Gasteiger partial charge in [0.2, 0.25) is 11.8 Å². The van der Waals surface area contributed by atoms with Crippen molar-refractivity contribution in [1.82, 2.24) is 15.3 Å². The first-order valence-corrected chi connectivity index (χ1v) is 6.55. The molecule has 1 atom stereocenters. The minimum Gasteiger partial charge on any atom is -0.475 e. The summed E-state index contributed by atoms with van der Waals surface area (Å²) in [7, 11) is 0. The van der Waals surface area contributed by atoms with E-state index in [1.807, 2.05) is 20.8 Å². The molecule has 0 aliphatic carbocycles. The van der Waals surface area contributed by atoms with Crippen LogP contribution in [-0.4, -0.2) is 34.6 Å². The van der Waals surface area contributed by atoms with Crippen molar-refractivity contribution in [3.8, 4) is 5.88 Å². The van der Waals surface area contributed by atoms with Crippen molar-refractivity contribution in [3.05, 3.63) is 12.4 Å². The molecule has 6 heteroatoms. The molecule has 0 radical (unpaired) electrons. The average molecular weight is 266 g/mol. The van der Waals surface area contributed by atoms with Gasteiger partial charge in [0, 0.05) is 12.6 Å². The lowest BCUT2D eigenvalue weighted by Crippen LogP contribution is -2.38. The van der Waals surface area contributed by atoms with E-state index in [1.165, 1.54) is 6.33 Å². The van der Waals surface area contributed by atoms with E-state index in [0.29, 0.717) is 18.2 Å². The van der Waals surface area contributed by atoms with E-state index in [4.69, 9.17) is 4.74 Å². The number of aromatic nitrogens is 2. The quantitative estimate of drug-likeness (QED) is 0.783. The van der Waals surface area contributed by atoms with E-state index in [-0.39, 0.29) is 18.1 Å². The van der Waals surface area contributed by atoms with Gasteiger partial charge in [-0.15, -0.1) is 0 Å². The molecule has 106 valence electrons. The zero-order valence-corrected chi connectivity index (χ0v) is 11.9. The number of amides is 1. The third-order valence-corrected chi connectivity index (χ3v) is 2.31. The SMILES string of the molecule is CCCNC(=O)C(C)Nc1cc(OC(C)C)ncn1. The van der Waals surface area contributed by atoms with E-state index < -0.39 is 0 Å². The van der Waals surface area contributed by atoms with Gasteiger partial charge in [0.05, 0.1) is 6.10 Å². The molecule has 0 saturated carbocycles. The summed E-state index contributed by atoms with van der Waals surface area (Å²) in [4.78, 5) is 19.8. The first-order chi connectivity index (χ1) is 9.02. The Morgan fingerprint density at radius 1 is 1.37 bits per heavy atom. The van der Waals surface area contributed by atoms with Crippen LogP contribution in [0.4, 0.5) is 5.82 Å². The van der Waals surface area contributed by atoms with Crippen LogP contribution in [0.15, 0.2) is 12.4 Å². The van der Waals surface area contributed by atoms with Crippen molar-refractivity contribution >= 4 is 11.7 Å². The van der Waals surface area contributed by atoms with Gasteiger partial charge in [-0.05, 0) is 27.2 Å². The monoisotopic (exact) mass is 266 g/mol. The molecule has 2 N–H and O–H groups in total. The molecule has 0 aliphatic rings. The molecule has 1 rings (SSSR count). The summed E-state index contributed by atoms with van der Waals surface area (Å²) in [6, 6.07) is 1.33. The number of ether oxygens (including phenoxy) is 1. The fourth-order valence-electron chi connectivity index (χ4n) is 1.41. The summed E-state index contributed by atoms with van der Waals surface area (Å²) in [5.41, 5.74) is 0. The fourth-order valence-corrected chi connectivity index (χ4v) is 1.41. The van der Waals surface area contributed by atoms with Crippen molar-refractivity contribution in [2.75, 3.05) is 11.9 Å². The third-order valence-electron chi connectivity index (χ3n) is 2.31. The molecule has 1 aromatic heterocycles. The normalized spacial score (nSPS) is 12.1. The summed E-state index contributed by atoms with van der Waals surface area (Å²) in [5.74, 6) is 1.02. The highest BCUT2D eigenvalue weighted by molar-refractivity contribution is 5.83. The lowest BCUT2D eigenvalue weighted by atomic mass is 10.3. The van der Waals surface area contributed by atoms with Crippen molar-refractivity contribution in [2.45, 2.75) is 46.3 Å². The van der Waals surface area contributed by atoms with E-state index in [9.17, 15) is 4.79 Å². The standard InChI is InChI=1S/C13H22N4O2/c1-5-6-14-13(18)10(4)17-11-7-12(16-8-15-11)19-9(2)3/h7-10H,5-6H2,1-4H3,(H,14,18)(H,15,16,17). The van der Waals surface area contributed by atoms with Crippen LogP contribution in [0.3, 0.4) is 0 Å². The van der Waals surface area contributed by atoms with E-state index in [1.54, 1.807) is 13.0 Å². The maximum Gasteiger partial charge on any atom is 0.242 e. The maximum atomic E-state index is 11.7. The Labute approximate surface area is 114 Å². The van der Waals surface area contributed by atoms with Crippen molar-refractivity contribution in [3.63, 3.8) is 0 Å². The molecule has 0 spiro atoms. The van der Waals surface area contributed by atoms with Gasteiger partial charge in [0.1, 0.15) is 18.2 Å². The summed E-state index contributed by atoms with van der Waals surface area (Å²) >= 11 is 0. The molecule has 0 aliphatic heterocycles. The Hall–Kier alpha value is -1.85. The second-order valence-electron chi connectivity index (χ2n) is 4.57. The van der Waals surface area contributed by atoms with Gasteiger partial charge in [0.25, 0.3) is 0 Å². The molecular weight excluding hydrogens is 244 g/mol. The Morgan fingerprint density at radius 2 is 2.11 bits per heavy atom. The van der Waals surface area contributed by atoms with Crippen LogP contribution in [0.2, 0.25) is 0 Å². The first-order valence-electron chi connectivity index (χ1n) is 6.55. The zero-order chi connectivity index (χ0) is 14.3. The lowest BCUT2D eigenvalue weighted by Gasteiger charge is -2.15. The fraction of sp³-hybridized carbons (Fsp3) is 0.615. The Kier molecular flexibility index (Phi) is 6.05. The minimum absolute atomic E-state index is 0.0491. The number of hydrogen-bond acceptors (Lipinski definition) is 5. The summed E-state index contributed by atoms with van der Waals surface area (Å²) < 4.78 is 5.47. The highest BCUT2D eigenvalue weighted by Crippen LogP contribution is 2.13. The van der Waals surface area contributed by atoms with Gasteiger partial charge in [-0.3, -0.25) is 4.79 Å². The summed E-state index contributed by atoms with van der Waals surface area (Å²) in [5, 5.41) is 5.84. The Bertz CT molecular complexity index is 409. The highest BCUT2D eigenvalue weighted by Gasteiger charge is 2.12. The topological polar surface area (TPSA) is 76.1 Å². The molecular formula is C13H22N4O2. The average Bonchev–Trinajstić information content (AvgIpc) is 2.35. The summed E-state index contributed by atoms with van der Waals surface area (Å²) in [6.45, 7) is 8.33. The van der Waals surface area contributed by atoms with E-state index >= 15 is 0 Å². The maximum absolute atomic E-state index is 11.7. The molecule has 6 nitrogen and oxygen atoms in total. The van der Waals surface area contributed by atoms with Gasteiger partial charge in [-0.25, -0.2) is 9.97 Å². The highest BCUT2D eigenvalue weighted by atomic mass is 16.5. The predicted octanol–water partition coefficient (Wildman–Crippen LogP) is 1.59. The molecule has 1 amide bonds. The Balaban J connectivity index is 2.58. The molecule has 1 unspecified atom stereocenters. The second-order valence-corrected chi connectivity index (χ2v) is 4.57. The van der Waals surface area contributed by atoms with Crippen LogP contribution in [-0.2, 0) is 4.79 Å². The molecule has 0 bridgehead atoms. The number of hydrogen-bond donors (Lipinski definition) is 2. The number of nitrogens with one attached hydrogen (secondary N) is 2.